The average Bonchev–Trinajstić information content (AvgIpc) is 3.11. The number of carbonyl (C=O) groups excluding carboxylic acids is 1. The summed E-state index contributed by atoms with van der Waals surface area (Å²) < 4.78 is 15.5. The Hall–Kier alpha value is -2.54. The molecule has 1 aliphatic carbocycles. The molecule has 5 nitrogen and oxygen atoms in total. The molecule has 1 N–H and O–H groups in total. The maximum absolute atomic E-state index is 13.7. The van der Waals surface area contributed by atoms with Gasteiger partial charge in [-0.25, -0.2) is 14.1 Å². The topological polar surface area (TPSA) is 59.8 Å². The number of amides is 1. The molecule has 122 valence electrons. The molecule has 2 heterocycles. The number of thiazole rings is 1. The average molecular weight is 342 g/mol. The molecule has 3 aromatic rings. The molecule has 0 spiro atoms. The number of hydrogen-bond acceptors (Lipinski definition) is 4. The minimum Gasteiger partial charge on any atom is -0.302 e. The molecule has 0 saturated heterocycles. The first-order chi connectivity index (χ1) is 11.5. The number of fused-ring (bicyclic) bond motifs is 3. The lowest BCUT2D eigenvalue weighted by molar-refractivity contribution is -0.114. The van der Waals surface area contributed by atoms with Crippen LogP contribution in [0.4, 0.5) is 9.52 Å². The van der Waals surface area contributed by atoms with Gasteiger partial charge in [-0.2, -0.15) is 5.10 Å². The standard InChI is InChI=1S/C17H15FN4OS/c1-9-3-5-12(18)7-14(9)22-15-11(8-19-22)4-6-13-16(15)24-17(21-13)20-10(2)23/h3,5,7-8H,4,6H2,1-2H3,(H,20,21,23). The molecule has 4 rings (SSSR count). The lowest BCUT2D eigenvalue weighted by atomic mass is 10.00. The number of hydrogen-bond donors (Lipinski definition) is 1. The van der Waals surface area contributed by atoms with Crippen LogP contribution >= 0.6 is 11.3 Å². The van der Waals surface area contributed by atoms with Crippen molar-refractivity contribution in [3.63, 3.8) is 0 Å². The van der Waals surface area contributed by atoms with Gasteiger partial charge in [0.05, 0.1) is 28.1 Å². The summed E-state index contributed by atoms with van der Waals surface area (Å²) in [5.41, 5.74) is 4.68. The van der Waals surface area contributed by atoms with Gasteiger partial charge in [0.2, 0.25) is 5.91 Å². The van der Waals surface area contributed by atoms with Crippen LogP contribution in [0.25, 0.3) is 16.3 Å². The zero-order chi connectivity index (χ0) is 16.8. The van der Waals surface area contributed by atoms with E-state index in [1.165, 1.54) is 30.4 Å². The number of aromatic nitrogens is 3. The molecular weight excluding hydrogens is 327 g/mol. The van der Waals surface area contributed by atoms with Gasteiger partial charge in [0, 0.05) is 6.92 Å². The van der Waals surface area contributed by atoms with Crippen molar-refractivity contribution in [2.75, 3.05) is 5.32 Å². The number of anilines is 1. The second-order valence-electron chi connectivity index (χ2n) is 5.84. The molecule has 7 heteroatoms. The third-order valence-corrected chi connectivity index (χ3v) is 5.09. The maximum atomic E-state index is 13.7. The molecule has 1 aromatic carbocycles. The fourth-order valence-electron chi connectivity index (χ4n) is 2.96. The Morgan fingerprint density at radius 2 is 2.21 bits per heavy atom. The van der Waals surface area contributed by atoms with Crippen LogP contribution in [0.2, 0.25) is 0 Å². The Labute approximate surface area is 142 Å². The summed E-state index contributed by atoms with van der Waals surface area (Å²) in [6.07, 6.45) is 3.48. The molecule has 0 radical (unpaired) electrons. The van der Waals surface area contributed by atoms with Crippen molar-refractivity contribution in [2.24, 2.45) is 0 Å². The molecule has 0 atom stereocenters. The molecule has 1 amide bonds. The van der Waals surface area contributed by atoms with Crippen molar-refractivity contribution >= 4 is 22.4 Å². The summed E-state index contributed by atoms with van der Waals surface area (Å²) in [7, 11) is 0. The van der Waals surface area contributed by atoms with E-state index in [-0.39, 0.29) is 11.7 Å². The maximum Gasteiger partial charge on any atom is 0.223 e. The van der Waals surface area contributed by atoms with Gasteiger partial charge in [-0.15, -0.1) is 0 Å². The Kier molecular flexibility index (Phi) is 3.45. The van der Waals surface area contributed by atoms with E-state index >= 15 is 0 Å². The van der Waals surface area contributed by atoms with Gasteiger partial charge >= 0.3 is 0 Å². The number of benzene rings is 1. The lowest BCUT2D eigenvalue weighted by Gasteiger charge is -2.15. The lowest BCUT2D eigenvalue weighted by Crippen LogP contribution is -2.07. The van der Waals surface area contributed by atoms with E-state index in [2.05, 4.69) is 15.4 Å². The van der Waals surface area contributed by atoms with Gasteiger partial charge in [-0.3, -0.25) is 4.79 Å². The van der Waals surface area contributed by atoms with Crippen LogP contribution in [-0.2, 0) is 17.6 Å². The van der Waals surface area contributed by atoms with Crippen molar-refractivity contribution in [3.05, 3.63) is 47.0 Å². The Balaban J connectivity index is 1.88. The van der Waals surface area contributed by atoms with Crippen LogP contribution < -0.4 is 5.32 Å². The van der Waals surface area contributed by atoms with Crippen molar-refractivity contribution in [1.82, 2.24) is 14.8 Å². The Bertz CT molecular complexity index is 960. The molecule has 0 fully saturated rings. The van der Waals surface area contributed by atoms with Crippen molar-refractivity contribution in [3.8, 4) is 16.3 Å². The molecular formula is C17H15FN4OS. The van der Waals surface area contributed by atoms with Crippen molar-refractivity contribution < 1.29 is 9.18 Å². The third-order valence-electron chi connectivity index (χ3n) is 4.07. The summed E-state index contributed by atoms with van der Waals surface area (Å²) in [6, 6.07) is 4.69. The fourth-order valence-corrected chi connectivity index (χ4v) is 4.09. The summed E-state index contributed by atoms with van der Waals surface area (Å²) >= 11 is 1.43. The predicted octanol–water partition coefficient (Wildman–Crippen LogP) is 3.50. The number of nitrogens with zero attached hydrogens (tertiary/aromatic N) is 3. The minimum absolute atomic E-state index is 0.143. The first kappa shape index (κ1) is 15.0. The van der Waals surface area contributed by atoms with E-state index in [9.17, 15) is 9.18 Å². The van der Waals surface area contributed by atoms with Crippen LogP contribution in [-0.4, -0.2) is 20.7 Å². The van der Waals surface area contributed by atoms with Crippen LogP contribution in [0.5, 0.6) is 0 Å². The van der Waals surface area contributed by atoms with Gasteiger partial charge in [-0.05, 0) is 43.0 Å². The van der Waals surface area contributed by atoms with E-state index in [4.69, 9.17) is 0 Å². The Morgan fingerprint density at radius 1 is 1.38 bits per heavy atom. The molecule has 2 aromatic heterocycles. The minimum atomic E-state index is -0.292. The first-order valence-corrected chi connectivity index (χ1v) is 8.45. The van der Waals surface area contributed by atoms with Gasteiger partial charge in [0.15, 0.2) is 5.13 Å². The van der Waals surface area contributed by atoms with Crippen LogP contribution in [0.15, 0.2) is 24.4 Å². The summed E-state index contributed by atoms with van der Waals surface area (Å²) in [5, 5.41) is 7.81. The quantitative estimate of drug-likeness (QED) is 0.775. The molecule has 0 bridgehead atoms. The highest BCUT2D eigenvalue weighted by Gasteiger charge is 2.26. The van der Waals surface area contributed by atoms with E-state index in [1.807, 2.05) is 13.1 Å². The van der Waals surface area contributed by atoms with Crippen LogP contribution in [0, 0.1) is 12.7 Å². The zero-order valence-electron chi connectivity index (χ0n) is 13.3. The number of rotatable bonds is 2. The highest BCUT2D eigenvalue weighted by atomic mass is 32.1. The number of aryl methyl sites for hydroxylation is 3. The van der Waals surface area contributed by atoms with Crippen LogP contribution in [0.3, 0.4) is 0 Å². The van der Waals surface area contributed by atoms with Gasteiger partial charge in [-0.1, -0.05) is 17.4 Å². The Morgan fingerprint density at radius 3 is 3.00 bits per heavy atom. The summed E-state index contributed by atoms with van der Waals surface area (Å²) in [5.74, 6) is -0.435. The highest BCUT2D eigenvalue weighted by molar-refractivity contribution is 7.19. The summed E-state index contributed by atoms with van der Waals surface area (Å²) in [4.78, 5) is 16.8. The SMILES string of the molecule is CC(=O)Nc1nc2c(s1)-c1c(cnn1-c1cc(F)ccc1C)CC2. The highest BCUT2D eigenvalue weighted by Crippen LogP contribution is 2.40. The van der Waals surface area contributed by atoms with Crippen molar-refractivity contribution in [2.45, 2.75) is 26.7 Å². The van der Waals surface area contributed by atoms with E-state index in [0.717, 1.165) is 45.9 Å². The van der Waals surface area contributed by atoms with Crippen molar-refractivity contribution in [1.29, 1.82) is 0 Å². The number of halogens is 1. The first-order valence-electron chi connectivity index (χ1n) is 7.64. The fraction of sp³-hybridized carbons (Fsp3) is 0.235. The van der Waals surface area contributed by atoms with Crippen LogP contribution in [0.1, 0.15) is 23.7 Å². The van der Waals surface area contributed by atoms with Gasteiger partial charge in [0.1, 0.15) is 5.82 Å². The van der Waals surface area contributed by atoms with Gasteiger partial charge < -0.3 is 5.32 Å². The molecule has 0 unspecified atom stereocenters. The molecule has 0 saturated carbocycles. The number of carbonyl (C=O) groups is 1. The second-order valence-corrected chi connectivity index (χ2v) is 6.84. The van der Waals surface area contributed by atoms with Gasteiger partial charge in [0.25, 0.3) is 0 Å². The second kappa shape index (κ2) is 5.52. The molecule has 1 aliphatic rings. The number of nitrogens with one attached hydrogen (secondary N) is 1. The third kappa shape index (κ3) is 2.41. The van der Waals surface area contributed by atoms with E-state index in [1.54, 1.807) is 10.7 Å². The van der Waals surface area contributed by atoms with E-state index < -0.39 is 0 Å². The molecule has 0 aliphatic heterocycles. The normalized spacial score (nSPS) is 12.6. The largest absolute Gasteiger partial charge is 0.302 e. The summed E-state index contributed by atoms with van der Waals surface area (Å²) in [6.45, 7) is 3.40. The molecule has 24 heavy (non-hydrogen) atoms. The monoisotopic (exact) mass is 342 g/mol. The smallest absolute Gasteiger partial charge is 0.223 e. The van der Waals surface area contributed by atoms with E-state index in [0.29, 0.717) is 5.13 Å². The zero-order valence-corrected chi connectivity index (χ0v) is 14.1. The predicted molar refractivity (Wildman–Crippen MR) is 91.1 cm³/mol.